The zero-order valence-electron chi connectivity index (χ0n) is 11.2. The van der Waals surface area contributed by atoms with Crippen LogP contribution >= 0.6 is 15.9 Å². The van der Waals surface area contributed by atoms with Gasteiger partial charge in [-0.25, -0.2) is 5.43 Å². The van der Waals surface area contributed by atoms with Crippen molar-refractivity contribution in [1.29, 1.82) is 0 Å². The fraction of sp³-hybridized carbons (Fsp3) is 0.0667. The van der Waals surface area contributed by atoms with Crippen LogP contribution in [0.25, 0.3) is 0 Å². The summed E-state index contributed by atoms with van der Waals surface area (Å²) in [6, 6.07) is 11.6. The maximum absolute atomic E-state index is 11.8. The summed E-state index contributed by atoms with van der Waals surface area (Å²) in [7, 11) is 1.56. The third kappa shape index (κ3) is 4.06. The summed E-state index contributed by atoms with van der Waals surface area (Å²) in [5, 5.41) is 13.5. The monoisotopic (exact) mass is 348 g/mol. The fourth-order valence-electron chi connectivity index (χ4n) is 1.60. The summed E-state index contributed by atoms with van der Waals surface area (Å²) < 4.78 is 5.83. The average Bonchev–Trinajstić information content (AvgIpc) is 2.50. The summed E-state index contributed by atoms with van der Waals surface area (Å²) in [5.41, 5.74) is 3.36. The Balaban J connectivity index is 2.02. The summed E-state index contributed by atoms with van der Waals surface area (Å²) in [5.74, 6) is 0.415. The van der Waals surface area contributed by atoms with Crippen molar-refractivity contribution < 1.29 is 14.6 Å². The standard InChI is InChI=1S/C15H13BrN2O3/c1-21-13-5-2-10(3-6-13)15(20)18-17-9-11-8-12(16)4-7-14(11)19/h2-9,19H,1H3,(H,18,20)/b17-9-. The highest BCUT2D eigenvalue weighted by atomic mass is 79.9. The van der Waals surface area contributed by atoms with Gasteiger partial charge in [0.05, 0.1) is 13.3 Å². The zero-order chi connectivity index (χ0) is 15.2. The van der Waals surface area contributed by atoms with Crippen molar-refractivity contribution in [3.63, 3.8) is 0 Å². The topological polar surface area (TPSA) is 70.9 Å². The summed E-state index contributed by atoms with van der Waals surface area (Å²) in [4.78, 5) is 11.8. The van der Waals surface area contributed by atoms with E-state index in [0.29, 0.717) is 16.9 Å². The lowest BCUT2D eigenvalue weighted by molar-refractivity contribution is 0.0955. The molecule has 0 fully saturated rings. The number of nitrogens with one attached hydrogen (secondary N) is 1. The van der Waals surface area contributed by atoms with Gasteiger partial charge in [0.15, 0.2) is 0 Å². The van der Waals surface area contributed by atoms with E-state index in [4.69, 9.17) is 4.74 Å². The molecule has 2 rings (SSSR count). The van der Waals surface area contributed by atoms with Gasteiger partial charge in [0.2, 0.25) is 0 Å². The predicted octanol–water partition coefficient (Wildman–Crippen LogP) is 2.93. The van der Waals surface area contributed by atoms with Crippen molar-refractivity contribution in [1.82, 2.24) is 5.43 Å². The number of carbonyl (C=O) groups excluding carboxylic acids is 1. The van der Waals surface area contributed by atoms with Crippen molar-refractivity contribution >= 4 is 28.1 Å². The van der Waals surface area contributed by atoms with Gasteiger partial charge in [0.25, 0.3) is 5.91 Å². The summed E-state index contributed by atoms with van der Waals surface area (Å²) >= 11 is 3.30. The van der Waals surface area contributed by atoms with Gasteiger partial charge in [-0.3, -0.25) is 4.79 Å². The van der Waals surface area contributed by atoms with Crippen LogP contribution in [0, 0.1) is 0 Å². The molecule has 21 heavy (non-hydrogen) atoms. The number of hydrazone groups is 1. The van der Waals surface area contributed by atoms with Gasteiger partial charge >= 0.3 is 0 Å². The molecule has 0 aliphatic carbocycles. The molecule has 0 aliphatic rings. The second kappa shape index (κ2) is 6.90. The molecule has 0 spiro atoms. The molecular formula is C15H13BrN2O3. The van der Waals surface area contributed by atoms with Crippen LogP contribution < -0.4 is 10.2 Å². The molecule has 0 bridgehead atoms. The highest BCUT2D eigenvalue weighted by Crippen LogP contribution is 2.19. The van der Waals surface area contributed by atoms with Crippen LogP contribution in [-0.2, 0) is 0 Å². The Hall–Kier alpha value is -2.34. The van der Waals surface area contributed by atoms with Crippen LogP contribution in [0.3, 0.4) is 0 Å². The lowest BCUT2D eigenvalue weighted by Gasteiger charge is -2.02. The van der Waals surface area contributed by atoms with Crippen molar-refractivity contribution in [3.05, 3.63) is 58.1 Å². The van der Waals surface area contributed by atoms with Gasteiger partial charge in [-0.2, -0.15) is 5.10 Å². The Morgan fingerprint density at radius 3 is 2.67 bits per heavy atom. The molecule has 0 aromatic heterocycles. The minimum atomic E-state index is -0.344. The predicted molar refractivity (Wildman–Crippen MR) is 83.9 cm³/mol. The third-order valence-corrected chi connectivity index (χ3v) is 3.20. The number of rotatable bonds is 4. The van der Waals surface area contributed by atoms with E-state index in [2.05, 4.69) is 26.5 Å². The Bertz CT molecular complexity index is 669. The smallest absolute Gasteiger partial charge is 0.271 e. The summed E-state index contributed by atoms with van der Waals surface area (Å²) in [6.07, 6.45) is 1.38. The fourth-order valence-corrected chi connectivity index (χ4v) is 1.97. The molecule has 0 saturated heterocycles. The molecule has 0 heterocycles. The van der Waals surface area contributed by atoms with Gasteiger partial charge in [-0.05, 0) is 42.5 Å². The molecule has 0 radical (unpaired) electrons. The van der Waals surface area contributed by atoms with Crippen LogP contribution in [0.2, 0.25) is 0 Å². The van der Waals surface area contributed by atoms with E-state index in [1.165, 1.54) is 12.3 Å². The van der Waals surface area contributed by atoms with Gasteiger partial charge < -0.3 is 9.84 Å². The number of benzene rings is 2. The number of ether oxygens (including phenoxy) is 1. The average molecular weight is 349 g/mol. The van der Waals surface area contributed by atoms with E-state index < -0.39 is 0 Å². The molecular weight excluding hydrogens is 336 g/mol. The van der Waals surface area contributed by atoms with Crippen molar-refractivity contribution in [3.8, 4) is 11.5 Å². The molecule has 2 aromatic rings. The molecule has 0 atom stereocenters. The number of hydrogen-bond acceptors (Lipinski definition) is 4. The van der Waals surface area contributed by atoms with E-state index in [-0.39, 0.29) is 11.7 Å². The highest BCUT2D eigenvalue weighted by Gasteiger charge is 2.04. The number of phenolic OH excluding ortho intramolecular Hbond substituents is 1. The van der Waals surface area contributed by atoms with Crippen LogP contribution in [0.4, 0.5) is 0 Å². The quantitative estimate of drug-likeness (QED) is 0.659. The number of phenols is 1. The lowest BCUT2D eigenvalue weighted by Crippen LogP contribution is -2.17. The number of methoxy groups -OCH3 is 1. The molecule has 2 aromatic carbocycles. The minimum absolute atomic E-state index is 0.0839. The van der Waals surface area contributed by atoms with E-state index in [9.17, 15) is 9.90 Å². The molecule has 2 N–H and O–H groups in total. The first kappa shape index (κ1) is 15.1. The van der Waals surface area contributed by atoms with Crippen molar-refractivity contribution in [2.45, 2.75) is 0 Å². The van der Waals surface area contributed by atoms with Crippen molar-refractivity contribution in [2.24, 2.45) is 5.10 Å². The molecule has 0 unspecified atom stereocenters. The highest BCUT2D eigenvalue weighted by molar-refractivity contribution is 9.10. The SMILES string of the molecule is COc1ccc(C(=O)N/N=C\c2cc(Br)ccc2O)cc1. The first-order valence-corrected chi connectivity index (χ1v) is 6.85. The second-order valence-electron chi connectivity index (χ2n) is 4.13. The van der Waals surface area contributed by atoms with Crippen LogP contribution in [0.15, 0.2) is 52.0 Å². The Morgan fingerprint density at radius 1 is 1.29 bits per heavy atom. The normalized spacial score (nSPS) is 10.6. The summed E-state index contributed by atoms with van der Waals surface area (Å²) in [6.45, 7) is 0. The maximum atomic E-state index is 11.8. The minimum Gasteiger partial charge on any atom is -0.507 e. The number of nitrogens with zero attached hydrogens (tertiary/aromatic N) is 1. The lowest BCUT2D eigenvalue weighted by atomic mass is 10.2. The van der Waals surface area contributed by atoms with Crippen LogP contribution in [-0.4, -0.2) is 24.3 Å². The van der Waals surface area contributed by atoms with Gasteiger partial charge in [0, 0.05) is 15.6 Å². The molecule has 6 heteroatoms. The second-order valence-corrected chi connectivity index (χ2v) is 5.05. The first-order valence-electron chi connectivity index (χ1n) is 6.06. The Labute approximate surface area is 130 Å². The Kier molecular flexibility index (Phi) is 4.94. The van der Waals surface area contributed by atoms with Gasteiger partial charge in [-0.1, -0.05) is 15.9 Å². The molecule has 0 saturated carbocycles. The number of halogens is 1. The molecule has 108 valence electrons. The van der Waals surface area contributed by atoms with Gasteiger partial charge in [-0.15, -0.1) is 0 Å². The Morgan fingerprint density at radius 2 is 2.00 bits per heavy atom. The van der Waals surface area contributed by atoms with E-state index >= 15 is 0 Å². The molecule has 5 nitrogen and oxygen atoms in total. The van der Waals surface area contributed by atoms with Crippen molar-refractivity contribution in [2.75, 3.05) is 7.11 Å². The number of hydrogen-bond donors (Lipinski definition) is 2. The maximum Gasteiger partial charge on any atom is 0.271 e. The van der Waals surface area contributed by atoms with Crippen LogP contribution in [0.5, 0.6) is 11.5 Å². The largest absolute Gasteiger partial charge is 0.507 e. The number of amides is 1. The zero-order valence-corrected chi connectivity index (χ0v) is 12.8. The first-order chi connectivity index (χ1) is 10.1. The molecule has 1 amide bonds. The van der Waals surface area contributed by atoms with E-state index in [1.54, 1.807) is 43.5 Å². The number of carbonyl (C=O) groups is 1. The number of aromatic hydroxyl groups is 1. The van der Waals surface area contributed by atoms with E-state index in [1.807, 2.05) is 0 Å². The van der Waals surface area contributed by atoms with Gasteiger partial charge in [0.1, 0.15) is 11.5 Å². The third-order valence-electron chi connectivity index (χ3n) is 2.71. The molecule has 0 aliphatic heterocycles. The van der Waals surface area contributed by atoms with E-state index in [0.717, 1.165) is 4.47 Å². The van der Waals surface area contributed by atoms with Crippen LogP contribution in [0.1, 0.15) is 15.9 Å².